The van der Waals surface area contributed by atoms with E-state index in [-0.39, 0.29) is 0 Å². The Bertz CT molecular complexity index is 273. The van der Waals surface area contributed by atoms with Crippen molar-refractivity contribution in [3.05, 3.63) is 0 Å². The number of carbonyl (C=O) groups is 1. The highest BCUT2D eigenvalue weighted by Crippen LogP contribution is 2.49. The van der Waals surface area contributed by atoms with Crippen molar-refractivity contribution in [2.45, 2.75) is 51.9 Å². The number of hydrogen-bond donors (Lipinski definition) is 1. The van der Waals surface area contributed by atoms with Crippen LogP contribution in [0.3, 0.4) is 0 Å². The van der Waals surface area contributed by atoms with Crippen molar-refractivity contribution in [3.63, 3.8) is 0 Å². The molecular formula is C14H26N2O. The number of amides is 1. The van der Waals surface area contributed by atoms with Gasteiger partial charge in [0.05, 0.1) is 0 Å². The minimum atomic E-state index is 0.379. The molecule has 3 nitrogen and oxygen atoms in total. The van der Waals surface area contributed by atoms with E-state index in [1.165, 1.54) is 25.7 Å². The third-order valence-corrected chi connectivity index (χ3v) is 4.66. The molecule has 1 amide bonds. The van der Waals surface area contributed by atoms with Crippen LogP contribution in [0, 0.1) is 11.3 Å². The predicted molar refractivity (Wildman–Crippen MR) is 69.6 cm³/mol. The van der Waals surface area contributed by atoms with Crippen LogP contribution in [0.5, 0.6) is 0 Å². The first-order chi connectivity index (χ1) is 8.19. The zero-order chi connectivity index (χ0) is 12.3. The lowest BCUT2D eigenvalue weighted by Crippen LogP contribution is -2.36. The van der Waals surface area contributed by atoms with Gasteiger partial charge in [-0.1, -0.05) is 13.3 Å². The fourth-order valence-electron chi connectivity index (χ4n) is 3.04. The molecule has 1 atom stereocenters. The number of hydrogen-bond acceptors (Lipinski definition) is 2. The number of nitrogens with zero attached hydrogens (tertiary/aromatic N) is 1. The molecule has 0 radical (unpaired) electrons. The standard InChI is InChI=1S/C14H26N2O/c1-2-12-3-4-13(17)16(10-5-12)11-14(6-7-14)8-9-15/h12H,2-11,15H2,1H3. The molecule has 1 saturated heterocycles. The summed E-state index contributed by atoms with van der Waals surface area (Å²) in [4.78, 5) is 14.2. The minimum Gasteiger partial charge on any atom is -0.342 e. The monoisotopic (exact) mass is 238 g/mol. The summed E-state index contributed by atoms with van der Waals surface area (Å²) in [6.07, 6.45) is 7.90. The molecule has 1 aliphatic carbocycles. The molecule has 1 saturated carbocycles. The summed E-state index contributed by atoms with van der Waals surface area (Å²) in [6, 6.07) is 0. The van der Waals surface area contributed by atoms with Crippen molar-refractivity contribution in [2.75, 3.05) is 19.6 Å². The van der Waals surface area contributed by atoms with E-state index in [1.807, 2.05) is 0 Å². The maximum atomic E-state index is 12.1. The van der Waals surface area contributed by atoms with E-state index in [9.17, 15) is 4.79 Å². The van der Waals surface area contributed by atoms with Crippen LogP contribution in [0.25, 0.3) is 0 Å². The summed E-state index contributed by atoms with van der Waals surface area (Å²) in [7, 11) is 0. The second-order valence-electron chi connectivity index (χ2n) is 5.96. The van der Waals surface area contributed by atoms with E-state index in [2.05, 4.69) is 11.8 Å². The van der Waals surface area contributed by atoms with E-state index in [0.29, 0.717) is 11.3 Å². The molecule has 2 fully saturated rings. The topological polar surface area (TPSA) is 46.3 Å². The lowest BCUT2D eigenvalue weighted by atomic mass is 9.98. The summed E-state index contributed by atoms with van der Waals surface area (Å²) in [5.74, 6) is 1.14. The Kier molecular flexibility index (Phi) is 4.08. The average Bonchev–Trinajstić information content (AvgIpc) is 3.09. The van der Waals surface area contributed by atoms with Crippen molar-refractivity contribution in [3.8, 4) is 0 Å². The first-order valence-electron chi connectivity index (χ1n) is 7.17. The molecule has 0 aromatic rings. The van der Waals surface area contributed by atoms with Gasteiger partial charge in [-0.05, 0) is 50.0 Å². The van der Waals surface area contributed by atoms with Crippen LogP contribution >= 0.6 is 0 Å². The van der Waals surface area contributed by atoms with Crippen molar-refractivity contribution in [1.29, 1.82) is 0 Å². The summed E-state index contributed by atoms with van der Waals surface area (Å²) in [6.45, 7) is 4.95. The average molecular weight is 238 g/mol. The van der Waals surface area contributed by atoms with Crippen molar-refractivity contribution in [1.82, 2.24) is 4.90 Å². The molecule has 2 rings (SSSR count). The second-order valence-corrected chi connectivity index (χ2v) is 5.96. The van der Waals surface area contributed by atoms with E-state index in [1.54, 1.807) is 0 Å². The highest BCUT2D eigenvalue weighted by atomic mass is 16.2. The number of carbonyl (C=O) groups excluding carboxylic acids is 1. The van der Waals surface area contributed by atoms with Crippen LogP contribution in [-0.4, -0.2) is 30.4 Å². The molecule has 98 valence electrons. The molecular weight excluding hydrogens is 212 g/mol. The number of nitrogens with two attached hydrogens (primary N) is 1. The van der Waals surface area contributed by atoms with Gasteiger partial charge in [-0.2, -0.15) is 0 Å². The SMILES string of the molecule is CCC1CCC(=O)N(CC2(CCN)CC2)CC1. The molecule has 3 heteroatoms. The van der Waals surface area contributed by atoms with Crippen molar-refractivity contribution in [2.24, 2.45) is 17.1 Å². The zero-order valence-corrected chi connectivity index (χ0v) is 11.1. The highest BCUT2D eigenvalue weighted by Gasteiger charge is 2.43. The smallest absolute Gasteiger partial charge is 0.222 e. The Balaban J connectivity index is 1.89. The third kappa shape index (κ3) is 3.21. The van der Waals surface area contributed by atoms with Gasteiger partial charge in [0.15, 0.2) is 0 Å². The third-order valence-electron chi connectivity index (χ3n) is 4.66. The van der Waals surface area contributed by atoms with Gasteiger partial charge in [0.2, 0.25) is 5.91 Å². The number of likely N-dealkylation sites (tertiary alicyclic amines) is 1. The second kappa shape index (κ2) is 5.38. The van der Waals surface area contributed by atoms with Crippen molar-refractivity contribution >= 4 is 5.91 Å². The maximum Gasteiger partial charge on any atom is 0.222 e. The van der Waals surface area contributed by atoms with Crippen molar-refractivity contribution < 1.29 is 4.79 Å². The Labute approximate surface area is 105 Å². The first-order valence-corrected chi connectivity index (χ1v) is 7.17. The quantitative estimate of drug-likeness (QED) is 0.797. The first kappa shape index (κ1) is 12.9. The molecule has 1 aliphatic heterocycles. The van der Waals surface area contributed by atoms with Gasteiger partial charge in [0, 0.05) is 19.5 Å². The van der Waals surface area contributed by atoms with Gasteiger partial charge in [0.1, 0.15) is 0 Å². The van der Waals surface area contributed by atoms with Crippen LogP contribution < -0.4 is 5.73 Å². The van der Waals surface area contributed by atoms with Crippen LogP contribution in [0.2, 0.25) is 0 Å². The van der Waals surface area contributed by atoms with E-state index < -0.39 is 0 Å². The predicted octanol–water partition coefficient (Wildman–Crippen LogP) is 2.15. The molecule has 1 heterocycles. The largest absolute Gasteiger partial charge is 0.342 e. The van der Waals surface area contributed by atoms with E-state index in [4.69, 9.17) is 5.73 Å². The summed E-state index contributed by atoms with van der Waals surface area (Å²) in [5, 5.41) is 0. The van der Waals surface area contributed by atoms with Gasteiger partial charge >= 0.3 is 0 Å². The van der Waals surface area contributed by atoms with Gasteiger partial charge in [-0.3, -0.25) is 4.79 Å². The molecule has 17 heavy (non-hydrogen) atoms. The van der Waals surface area contributed by atoms with Crippen LogP contribution in [0.15, 0.2) is 0 Å². The molecule has 0 aromatic carbocycles. The zero-order valence-electron chi connectivity index (χ0n) is 11.1. The lowest BCUT2D eigenvalue weighted by molar-refractivity contribution is -0.131. The van der Waals surface area contributed by atoms with Gasteiger partial charge in [-0.15, -0.1) is 0 Å². The lowest BCUT2D eigenvalue weighted by Gasteiger charge is -2.26. The maximum absolute atomic E-state index is 12.1. The van der Waals surface area contributed by atoms with Crippen LogP contribution in [0.4, 0.5) is 0 Å². The fourth-order valence-corrected chi connectivity index (χ4v) is 3.04. The summed E-state index contributed by atoms with van der Waals surface area (Å²) in [5.41, 5.74) is 6.06. The Morgan fingerprint density at radius 1 is 1.41 bits per heavy atom. The van der Waals surface area contributed by atoms with E-state index in [0.717, 1.165) is 44.8 Å². The summed E-state index contributed by atoms with van der Waals surface area (Å²) < 4.78 is 0. The number of rotatable bonds is 5. The van der Waals surface area contributed by atoms with Gasteiger partial charge < -0.3 is 10.6 Å². The minimum absolute atomic E-state index is 0.379. The molecule has 2 aliphatic rings. The normalized spacial score (nSPS) is 28.0. The molecule has 0 bridgehead atoms. The van der Waals surface area contributed by atoms with Gasteiger partial charge in [-0.25, -0.2) is 0 Å². The molecule has 2 N–H and O–H groups in total. The molecule has 0 spiro atoms. The fraction of sp³-hybridized carbons (Fsp3) is 0.929. The summed E-state index contributed by atoms with van der Waals surface area (Å²) >= 11 is 0. The Morgan fingerprint density at radius 2 is 2.18 bits per heavy atom. The van der Waals surface area contributed by atoms with E-state index >= 15 is 0 Å². The Morgan fingerprint density at radius 3 is 2.76 bits per heavy atom. The molecule has 1 unspecified atom stereocenters. The van der Waals surface area contributed by atoms with Crippen LogP contribution in [0.1, 0.15) is 51.9 Å². The van der Waals surface area contributed by atoms with Crippen LogP contribution in [-0.2, 0) is 4.79 Å². The molecule has 0 aromatic heterocycles. The van der Waals surface area contributed by atoms with Gasteiger partial charge in [0.25, 0.3) is 0 Å². The Hall–Kier alpha value is -0.570. The highest BCUT2D eigenvalue weighted by molar-refractivity contribution is 5.76.